The van der Waals surface area contributed by atoms with Gasteiger partial charge in [0.15, 0.2) is 5.11 Å². The molecule has 1 aromatic carbocycles. The average Bonchev–Trinajstić information content (AvgIpc) is 2.68. The van der Waals surface area contributed by atoms with Gasteiger partial charge in [0.1, 0.15) is 0 Å². The Morgan fingerprint density at radius 1 is 1.08 bits per heavy atom. The molecule has 0 radical (unpaired) electrons. The van der Waals surface area contributed by atoms with E-state index in [0.29, 0.717) is 6.04 Å². The standard InChI is InChI=1S/C22H29N3S/c26-22(23-19-8-2-1-3-9-19)25-12-6-7-16-13-17-14-18(21(16)25)15-24-11-5-4-10-20(17)24/h1-3,8-9,13,17-18,20-21H,4-7,10-12,14-15H2,(H,23,26). The summed E-state index contributed by atoms with van der Waals surface area (Å²) in [6.45, 7) is 3.67. The number of fused-ring (bicyclic) bond motifs is 6. The van der Waals surface area contributed by atoms with E-state index >= 15 is 0 Å². The van der Waals surface area contributed by atoms with Crippen LogP contribution in [0.2, 0.25) is 0 Å². The molecule has 3 saturated heterocycles. The first-order valence-electron chi connectivity index (χ1n) is 10.4. The van der Waals surface area contributed by atoms with Gasteiger partial charge in [0, 0.05) is 24.8 Å². The SMILES string of the molecule is S=C(Nc1ccccc1)N1CCCC2=CC3CC(CN4CCCCC34)C21. The normalized spacial score (nSPS) is 33.7. The molecule has 0 spiro atoms. The van der Waals surface area contributed by atoms with Crippen LogP contribution in [0.5, 0.6) is 0 Å². The van der Waals surface area contributed by atoms with Crippen LogP contribution in [0, 0.1) is 11.8 Å². The number of benzene rings is 1. The molecule has 0 aromatic heterocycles. The van der Waals surface area contributed by atoms with Gasteiger partial charge in [0.25, 0.3) is 0 Å². The summed E-state index contributed by atoms with van der Waals surface area (Å²) in [7, 11) is 0. The second kappa shape index (κ2) is 6.97. The zero-order valence-electron chi connectivity index (χ0n) is 15.4. The van der Waals surface area contributed by atoms with Crippen molar-refractivity contribution < 1.29 is 0 Å². The molecular weight excluding hydrogens is 338 g/mol. The summed E-state index contributed by atoms with van der Waals surface area (Å²) in [6, 6.07) is 11.7. The number of anilines is 1. The number of para-hydroxylation sites is 1. The average molecular weight is 368 g/mol. The second-order valence-corrected chi connectivity index (χ2v) is 8.88. The lowest BCUT2D eigenvalue weighted by molar-refractivity contribution is 0.0132. The van der Waals surface area contributed by atoms with Gasteiger partial charge in [0.05, 0.1) is 6.04 Å². The number of hydrogen-bond acceptors (Lipinski definition) is 2. The van der Waals surface area contributed by atoms with E-state index < -0.39 is 0 Å². The van der Waals surface area contributed by atoms with Gasteiger partial charge in [-0.3, -0.25) is 4.90 Å². The van der Waals surface area contributed by atoms with Crippen molar-refractivity contribution in [3.8, 4) is 0 Å². The maximum atomic E-state index is 5.86. The van der Waals surface area contributed by atoms with E-state index in [1.54, 1.807) is 5.57 Å². The molecule has 3 heterocycles. The number of piperidine rings is 3. The zero-order chi connectivity index (χ0) is 17.5. The van der Waals surface area contributed by atoms with Crippen molar-refractivity contribution in [1.29, 1.82) is 0 Å². The first-order chi connectivity index (χ1) is 12.8. The summed E-state index contributed by atoms with van der Waals surface area (Å²) >= 11 is 5.86. The van der Waals surface area contributed by atoms with Gasteiger partial charge in [-0.1, -0.05) is 36.3 Å². The second-order valence-electron chi connectivity index (χ2n) is 8.50. The molecule has 26 heavy (non-hydrogen) atoms. The summed E-state index contributed by atoms with van der Waals surface area (Å²) in [5.41, 5.74) is 2.78. The molecule has 0 amide bonds. The molecule has 1 aromatic rings. The molecule has 4 atom stereocenters. The van der Waals surface area contributed by atoms with Gasteiger partial charge < -0.3 is 10.2 Å². The van der Waals surface area contributed by atoms with Crippen LogP contribution >= 0.6 is 12.2 Å². The van der Waals surface area contributed by atoms with Crippen molar-refractivity contribution in [3.05, 3.63) is 42.0 Å². The van der Waals surface area contributed by atoms with Crippen molar-refractivity contribution in [1.82, 2.24) is 9.80 Å². The Kier molecular flexibility index (Phi) is 4.49. The van der Waals surface area contributed by atoms with E-state index in [1.807, 2.05) is 6.07 Å². The number of nitrogens with zero attached hydrogens (tertiary/aromatic N) is 2. The Morgan fingerprint density at radius 3 is 2.85 bits per heavy atom. The van der Waals surface area contributed by atoms with Crippen LogP contribution in [0.1, 0.15) is 38.5 Å². The van der Waals surface area contributed by atoms with Gasteiger partial charge in [0.2, 0.25) is 0 Å². The zero-order valence-corrected chi connectivity index (χ0v) is 16.3. The first-order valence-corrected chi connectivity index (χ1v) is 10.8. The molecular formula is C22H29N3S. The van der Waals surface area contributed by atoms with E-state index in [9.17, 15) is 0 Å². The van der Waals surface area contributed by atoms with Crippen molar-refractivity contribution in [3.63, 3.8) is 0 Å². The third kappa shape index (κ3) is 2.97. The van der Waals surface area contributed by atoms with Gasteiger partial charge >= 0.3 is 0 Å². The molecule has 5 rings (SSSR count). The van der Waals surface area contributed by atoms with Gasteiger partial charge in [-0.15, -0.1) is 0 Å². The summed E-state index contributed by atoms with van der Waals surface area (Å²) in [6.07, 6.45) is 10.7. The minimum atomic E-state index is 0.520. The van der Waals surface area contributed by atoms with Gasteiger partial charge in [-0.05, 0) is 74.8 Å². The lowest BCUT2D eigenvalue weighted by atomic mass is 9.68. The molecule has 0 saturated carbocycles. The van der Waals surface area contributed by atoms with Crippen LogP contribution in [0.15, 0.2) is 42.0 Å². The van der Waals surface area contributed by atoms with E-state index in [2.05, 4.69) is 45.5 Å². The quantitative estimate of drug-likeness (QED) is 0.590. The molecule has 138 valence electrons. The molecule has 4 heteroatoms. The Morgan fingerprint density at radius 2 is 1.96 bits per heavy atom. The van der Waals surface area contributed by atoms with Crippen molar-refractivity contribution >= 4 is 23.0 Å². The van der Waals surface area contributed by atoms with Crippen molar-refractivity contribution in [2.45, 2.75) is 50.6 Å². The minimum absolute atomic E-state index is 0.520. The van der Waals surface area contributed by atoms with Crippen LogP contribution < -0.4 is 5.32 Å². The molecule has 1 aliphatic carbocycles. The Hall–Kier alpha value is -1.39. The number of rotatable bonds is 1. The van der Waals surface area contributed by atoms with Crippen LogP contribution in [-0.4, -0.2) is 46.6 Å². The highest BCUT2D eigenvalue weighted by molar-refractivity contribution is 7.80. The molecule has 1 N–H and O–H groups in total. The first kappa shape index (κ1) is 16.8. The summed E-state index contributed by atoms with van der Waals surface area (Å²) < 4.78 is 0. The smallest absolute Gasteiger partial charge is 0.173 e. The van der Waals surface area contributed by atoms with Gasteiger partial charge in [-0.2, -0.15) is 0 Å². The van der Waals surface area contributed by atoms with Crippen LogP contribution in [0.4, 0.5) is 5.69 Å². The fourth-order valence-corrected chi connectivity index (χ4v) is 6.24. The van der Waals surface area contributed by atoms with Crippen molar-refractivity contribution in [2.75, 3.05) is 25.0 Å². The number of hydrogen-bond donors (Lipinski definition) is 1. The topological polar surface area (TPSA) is 18.5 Å². The molecule has 2 bridgehead atoms. The van der Waals surface area contributed by atoms with Crippen LogP contribution in [0.25, 0.3) is 0 Å². The number of thiocarbonyl (C=S) groups is 1. The Balaban J connectivity index is 1.39. The predicted octanol–water partition coefficient (Wildman–Crippen LogP) is 4.28. The highest BCUT2D eigenvalue weighted by Gasteiger charge is 2.46. The largest absolute Gasteiger partial charge is 0.342 e. The Bertz CT molecular complexity index is 701. The fraction of sp³-hybridized carbons (Fsp3) is 0.591. The fourth-order valence-electron chi connectivity index (χ4n) is 5.92. The summed E-state index contributed by atoms with van der Waals surface area (Å²) in [4.78, 5) is 5.30. The minimum Gasteiger partial charge on any atom is -0.342 e. The van der Waals surface area contributed by atoms with Crippen LogP contribution in [-0.2, 0) is 0 Å². The molecule has 3 fully saturated rings. The number of likely N-dealkylation sites (tertiary alicyclic amines) is 1. The van der Waals surface area contributed by atoms with E-state index in [-0.39, 0.29) is 0 Å². The van der Waals surface area contributed by atoms with Gasteiger partial charge in [-0.25, -0.2) is 0 Å². The van der Waals surface area contributed by atoms with Crippen LogP contribution in [0.3, 0.4) is 0 Å². The number of nitrogens with one attached hydrogen (secondary N) is 1. The van der Waals surface area contributed by atoms with E-state index in [1.165, 1.54) is 51.6 Å². The maximum absolute atomic E-state index is 5.86. The Labute approximate surface area is 162 Å². The molecule has 3 aliphatic heterocycles. The highest BCUT2D eigenvalue weighted by atomic mass is 32.1. The van der Waals surface area contributed by atoms with Crippen molar-refractivity contribution in [2.24, 2.45) is 11.8 Å². The summed E-state index contributed by atoms with van der Waals surface area (Å²) in [5.74, 6) is 1.53. The maximum Gasteiger partial charge on any atom is 0.173 e. The molecule has 4 aliphatic rings. The third-order valence-electron chi connectivity index (χ3n) is 6.94. The molecule has 4 unspecified atom stereocenters. The predicted molar refractivity (Wildman–Crippen MR) is 111 cm³/mol. The highest BCUT2D eigenvalue weighted by Crippen LogP contribution is 2.45. The lowest BCUT2D eigenvalue weighted by Gasteiger charge is -2.55. The van der Waals surface area contributed by atoms with E-state index in [4.69, 9.17) is 12.2 Å². The third-order valence-corrected chi connectivity index (χ3v) is 7.28. The summed E-state index contributed by atoms with van der Waals surface area (Å²) in [5, 5.41) is 4.40. The lowest BCUT2D eigenvalue weighted by Crippen LogP contribution is -2.60. The van der Waals surface area contributed by atoms with E-state index in [0.717, 1.165) is 35.2 Å². The monoisotopic (exact) mass is 367 g/mol. The molecule has 3 nitrogen and oxygen atoms in total.